The van der Waals surface area contributed by atoms with Crippen LogP contribution in [0.2, 0.25) is 0 Å². The number of carbonyl (C=O) groups is 1. The molecule has 1 aromatic rings. The van der Waals surface area contributed by atoms with Crippen molar-refractivity contribution in [2.45, 2.75) is 38.1 Å². The number of carbonyl (C=O) groups excluding carboxylic acids is 1. The first-order chi connectivity index (χ1) is 10.9. The summed E-state index contributed by atoms with van der Waals surface area (Å²) in [6.07, 6.45) is 1.89. The van der Waals surface area contributed by atoms with E-state index in [1.54, 1.807) is 30.2 Å². The Morgan fingerprint density at radius 3 is 3.04 bits per heavy atom. The molecule has 2 aliphatic heterocycles. The number of benzene rings is 1. The van der Waals surface area contributed by atoms with E-state index in [4.69, 9.17) is 9.47 Å². The van der Waals surface area contributed by atoms with Gasteiger partial charge < -0.3 is 19.9 Å². The second-order valence-corrected chi connectivity index (χ2v) is 6.10. The number of nitrogens with one attached hydrogen (secondary N) is 1. The van der Waals surface area contributed by atoms with Crippen molar-refractivity contribution in [3.63, 3.8) is 0 Å². The molecule has 2 amide bonds. The Hall–Kier alpha value is -2.21. The summed E-state index contributed by atoms with van der Waals surface area (Å²) < 4.78 is 11.8. The van der Waals surface area contributed by atoms with Gasteiger partial charge in [0.2, 0.25) is 5.72 Å². The van der Waals surface area contributed by atoms with E-state index in [9.17, 15) is 9.90 Å². The number of urea groups is 1. The van der Waals surface area contributed by atoms with Crippen LogP contribution >= 0.6 is 0 Å². The Morgan fingerprint density at radius 2 is 2.39 bits per heavy atom. The predicted octanol–water partition coefficient (Wildman–Crippen LogP) is 2.47. The quantitative estimate of drug-likeness (QED) is 0.837. The molecule has 2 heterocycles. The van der Waals surface area contributed by atoms with Crippen molar-refractivity contribution < 1.29 is 19.4 Å². The minimum Gasteiger partial charge on any atom is -0.508 e. The summed E-state index contributed by atoms with van der Waals surface area (Å²) >= 11 is 0. The first-order valence-electron chi connectivity index (χ1n) is 7.67. The minimum absolute atomic E-state index is 0.142. The van der Waals surface area contributed by atoms with Crippen LogP contribution in [-0.2, 0) is 4.74 Å². The van der Waals surface area contributed by atoms with Crippen molar-refractivity contribution in [2.24, 2.45) is 0 Å². The number of phenols is 1. The molecule has 0 aliphatic carbocycles. The fraction of sp³-hybridized carbons (Fsp3) is 0.471. The zero-order valence-corrected chi connectivity index (χ0v) is 13.6. The van der Waals surface area contributed by atoms with Gasteiger partial charge >= 0.3 is 6.03 Å². The lowest BCUT2D eigenvalue weighted by Crippen LogP contribution is -2.70. The zero-order valence-electron chi connectivity index (χ0n) is 13.6. The van der Waals surface area contributed by atoms with Crippen molar-refractivity contribution in [3.8, 4) is 11.5 Å². The highest BCUT2D eigenvalue weighted by atomic mass is 16.6. The van der Waals surface area contributed by atoms with E-state index in [0.717, 1.165) is 11.1 Å². The predicted molar refractivity (Wildman–Crippen MR) is 85.5 cm³/mol. The van der Waals surface area contributed by atoms with Crippen LogP contribution in [0.25, 0.3) is 0 Å². The molecule has 0 radical (unpaired) electrons. The molecular weight excluding hydrogens is 296 g/mol. The summed E-state index contributed by atoms with van der Waals surface area (Å²) in [5.74, 6) is 0.722. The monoisotopic (exact) mass is 318 g/mol. The second-order valence-electron chi connectivity index (χ2n) is 6.10. The van der Waals surface area contributed by atoms with Crippen molar-refractivity contribution >= 4 is 6.03 Å². The van der Waals surface area contributed by atoms with Crippen LogP contribution in [0.15, 0.2) is 24.8 Å². The van der Waals surface area contributed by atoms with Gasteiger partial charge in [-0.2, -0.15) is 0 Å². The minimum atomic E-state index is -0.927. The van der Waals surface area contributed by atoms with Gasteiger partial charge in [0.05, 0.1) is 6.04 Å². The first kappa shape index (κ1) is 15.7. The normalized spacial score (nSPS) is 26.8. The molecule has 6 heteroatoms. The molecular formula is C17H22N2O4. The molecule has 1 fully saturated rings. The van der Waals surface area contributed by atoms with Crippen molar-refractivity contribution in [1.82, 2.24) is 10.2 Å². The van der Waals surface area contributed by atoms with Crippen molar-refractivity contribution in [2.75, 3.05) is 13.7 Å². The third-order valence-electron chi connectivity index (χ3n) is 4.77. The van der Waals surface area contributed by atoms with Crippen LogP contribution < -0.4 is 10.1 Å². The summed E-state index contributed by atoms with van der Waals surface area (Å²) in [5, 5.41) is 12.9. The average Bonchev–Trinajstić information content (AvgIpc) is 2.49. The molecule has 6 nitrogen and oxygen atoms in total. The molecule has 0 saturated carbocycles. The van der Waals surface area contributed by atoms with Crippen molar-refractivity contribution in [1.29, 1.82) is 0 Å². The lowest BCUT2D eigenvalue weighted by atomic mass is 9.84. The fourth-order valence-corrected chi connectivity index (χ4v) is 3.61. The van der Waals surface area contributed by atoms with Gasteiger partial charge in [0.15, 0.2) is 0 Å². The van der Waals surface area contributed by atoms with Crippen LogP contribution in [0.3, 0.4) is 0 Å². The van der Waals surface area contributed by atoms with E-state index >= 15 is 0 Å². The number of methoxy groups -OCH3 is 1. The number of phenolic OH excluding ortho intramolecular Hbond substituents is 1. The Balaban J connectivity index is 2.16. The summed E-state index contributed by atoms with van der Waals surface area (Å²) in [5.41, 5.74) is 0.873. The van der Waals surface area contributed by atoms with Crippen LogP contribution in [0.1, 0.15) is 30.5 Å². The van der Waals surface area contributed by atoms with E-state index in [0.29, 0.717) is 18.7 Å². The highest BCUT2D eigenvalue weighted by Gasteiger charge is 2.55. The maximum Gasteiger partial charge on any atom is 0.321 e. The van der Waals surface area contributed by atoms with Crippen LogP contribution in [-0.4, -0.2) is 41.5 Å². The summed E-state index contributed by atoms with van der Waals surface area (Å²) in [7, 11) is 1.60. The van der Waals surface area contributed by atoms with Gasteiger partial charge in [-0.05, 0) is 25.5 Å². The topological polar surface area (TPSA) is 71.0 Å². The third-order valence-corrected chi connectivity index (χ3v) is 4.77. The fourth-order valence-electron chi connectivity index (χ4n) is 3.61. The van der Waals surface area contributed by atoms with Gasteiger partial charge in [-0.25, -0.2) is 4.79 Å². The zero-order chi connectivity index (χ0) is 16.8. The number of aromatic hydroxyl groups is 1. The number of fused-ring (bicyclic) bond motifs is 4. The van der Waals surface area contributed by atoms with Gasteiger partial charge in [-0.15, -0.1) is 6.58 Å². The first-order valence-corrected chi connectivity index (χ1v) is 7.67. The van der Waals surface area contributed by atoms with Gasteiger partial charge in [0.25, 0.3) is 0 Å². The molecule has 1 aromatic carbocycles. The maximum atomic E-state index is 12.6. The van der Waals surface area contributed by atoms with E-state index < -0.39 is 5.72 Å². The molecule has 23 heavy (non-hydrogen) atoms. The molecule has 1 saturated heterocycles. The average molecular weight is 318 g/mol. The number of amides is 2. The number of rotatable bonds is 4. The molecule has 2 N–H and O–H groups in total. The summed E-state index contributed by atoms with van der Waals surface area (Å²) in [4.78, 5) is 14.2. The number of aryl methyl sites for hydroxylation is 1. The number of nitrogens with zero attached hydrogens (tertiary/aromatic N) is 1. The van der Waals surface area contributed by atoms with Gasteiger partial charge in [0, 0.05) is 31.7 Å². The molecule has 124 valence electrons. The van der Waals surface area contributed by atoms with E-state index in [1.807, 2.05) is 13.8 Å². The van der Waals surface area contributed by atoms with Gasteiger partial charge in [0.1, 0.15) is 17.6 Å². The molecule has 2 bridgehead atoms. The van der Waals surface area contributed by atoms with Crippen LogP contribution in [0, 0.1) is 6.92 Å². The summed E-state index contributed by atoms with van der Waals surface area (Å²) in [6.45, 7) is 7.85. The Kier molecular flexibility index (Phi) is 3.72. The Bertz CT molecular complexity index is 660. The Morgan fingerprint density at radius 1 is 1.65 bits per heavy atom. The van der Waals surface area contributed by atoms with E-state index in [2.05, 4.69) is 11.9 Å². The highest BCUT2D eigenvalue weighted by molar-refractivity contribution is 5.78. The largest absolute Gasteiger partial charge is 0.508 e. The standard InChI is InChI=1S/C17H22N2O4/c1-5-6-19-16(21)18-13-9-17(19,11(3)22-4)23-14-8-12(20)7-10(2)15(13)14/h5,7-8,11,13,20H,1,6,9H2,2-4H3,(H,18,21). The highest BCUT2D eigenvalue weighted by Crippen LogP contribution is 2.48. The van der Waals surface area contributed by atoms with E-state index in [-0.39, 0.29) is 23.9 Å². The molecule has 3 unspecified atom stereocenters. The van der Waals surface area contributed by atoms with E-state index in [1.165, 1.54) is 0 Å². The smallest absolute Gasteiger partial charge is 0.321 e. The molecule has 0 aromatic heterocycles. The molecule has 0 spiro atoms. The summed E-state index contributed by atoms with van der Waals surface area (Å²) in [6, 6.07) is 2.89. The molecule has 2 aliphatic rings. The van der Waals surface area contributed by atoms with Crippen LogP contribution in [0.5, 0.6) is 11.5 Å². The number of hydrogen-bond donors (Lipinski definition) is 2. The number of hydrogen-bond acceptors (Lipinski definition) is 4. The number of ether oxygens (including phenoxy) is 2. The SMILES string of the molecule is C=CCN1C(=O)NC2CC1(C(C)OC)Oc1cc(O)cc(C)c12. The maximum absolute atomic E-state index is 12.6. The van der Waals surface area contributed by atoms with Gasteiger partial charge in [-0.1, -0.05) is 6.08 Å². The Labute approximate surface area is 135 Å². The van der Waals surface area contributed by atoms with Crippen molar-refractivity contribution in [3.05, 3.63) is 35.9 Å². The second kappa shape index (κ2) is 5.45. The lowest BCUT2D eigenvalue weighted by molar-refractivity contribution is -0.168. The van der Waals surface area contributed by atoms with Crippen LogP contribution in [0.4, 0.5) is 4.79 Å². The molecule has 3 atom stereocenters. The molecule has 3 rings (SSSR count). The third kappa shape index (κ3) is 2.25. The van der Waals surface area contributed by atoms with Gasteiger partial charge in [-0.3, -0.25) is 4.90 Å². The lowest BCUT2D eigenvalue weighted by Gasteiger charge is -2.54.